The van der Waals surface area contributed by atoms with Crippen molar-refractivity contribution in [2.24, 2.45) is 0 Å². The molecule has 4 nitrogen and oxygen atoms in total. The number of nitrogens with one attached hydrogen (secondary N) is 1. The van der Waals surface area contributed by atoms with Crippen LogP contribution in [0.4, 0.5) is 0 Å². The molecular formula is C12H12N4. The third-order valence-electron chi connectivity index (χ3n) is 2.39. The predicted octanol–water partition coefficient (Wildman–Crippen LogP) is 2.47. The molecule has 0 atom stereocenters. The van der Waals surface area contributed by atoms with Gasteiger partial charge in [-0.2, -0.15) is 10.4 Å². The Morgan fingerprint density at radius 1 is 1.38 bits per heavy atom. The van der Waals surface area contributed by atoms with Crippen molar-refractivity contribution in [2.45, 2.75) is 19.8 Å². The fourth-order valence-electron chi connectivity index (χ4n) is 1.57. The summed E-state index contributed by atoms with van der Waals surface area (Å²) >= 11 is 0. The third kappa shape index (κ3) is 1.68. The van der Waals surface area contributed by atoms with Crippen molar-refractivity contribution in [1.82, 2.24) is 15.2 Å². The van der Waals surface area contributed by atoms with E-state index >= 15 is 0 Å². The molecule has 0 aliphatic rings. The number of pyridine rings is 1. The summed E-state index contributed by atoms with van der Waals surface area (Å²) in [6.45, 7) is 4.05. The van der Waals surface area contributed by atoms with Gasteiger partial charge in [0.1, 0.15) is 17.3 Å². The number of aromatic nitrogens is 3. The molecule has 2 aromatic rings. The van der Waals surface area contributed by atoms with Gasteiger partial charge in [0.2, 0.25) is 0 Å². The van der Waals surface area contributed by atoms with E-state index in [0.29, 0.717) is 11.3 Å². The minimum Gasteiger partial charge on any atom is -0.280 e. The molecule has 0 aliphatic carbocycles. The summed E-state index contributed by atoms with van der Waals surface area (Å²) in [7, 11) is 0. The van der Waals surface area contributed by atoms with E-state index in [1.165, 1.54) is 0 Å². The van der Waals surface area contributed by atoms with Crippen molar-refractivity contribution in [3.8, 4) is 17.5 Å². The van der Waals surface area contributed by atoms with Crippen LogP contribution < -0.4 is 0 Å². The van der Waals surface area contributed by atoms with E-state index in [1.807, 2.05) is 32.0 Å². The summed E-state index contributed by atoms with van der Waals surface area (Å²) in [6.07, 6.45) is 1.69. The van der Waals surface area contributed by atoms with Gasteiger partial charge in [-0.25, -0.2) is 0 Å². The second kappa shape index (κ2) is 4.15. The van der Waals surface area contributed by atoms with Crippen molar-refractivity contribution in [3.63, 3.8) is 0 Å². The van der Waals surface area contributed by atoms with Crippen LogP contribution in [-0.4, -0.2) is 15.2 Å². The first kappa shape index (κ1) is 10.4. The molecule has 2 rings (SSSR count). The second-order valence-electron chi connectivity index (χ2n) is 3.84. The molecule has 2 aromatic heterocycles. The van der Waals surface area contributed by atoms with Crippen molar-refractivity contribution in [3.05, 3.63) is 35.7 Å². The fourth-order valence-corrected chi connectivity index (χ4v) is 1.57. The number of nitriles is 1. The number of aromatic amines is 1. The zero-order valence-corrected chi connectivity index (χ0v) is 9.23. The Bertz CT molecular complexity index is 520. The molecular weight excluding hydrogens is 200 g/mol. The van der Waals surface area contributed by atoms with Crippen molar-refractivity contribution < 1.29 is 0 Å². The average molecular weight is 212 g/mol. The van der Waals surface area contributed by atoms with Crippen LogP contribution in [0.2, 0.25) is 0 Å². The van der Waals surface area contributed by atoms with Gasteiger partial charge in [0.15, 0.2) is 0 Å². The molecule has 0 fully saturated rings. The lowest BCUT2D eigenvalue weighted by Gasteiger charge is -2.00. The summed E-state index contributed by atoms with van der Waals surface area (Å²) < 4.78 is 0. The minimum atomic E-state index is 0.250. The van der Waals surface area contributed by atoms with Crippen LogP contribution in [0.5, 0.6) is 0 Å². The topological polar surface area (TPSA) is 65.4 Å². The molecule has 0 aliphatic heterocycles. The van der Waals surface area contributed by atoms with E-state index in [-0.39, 0.29) is 5.92 Å². The SMILES string of the molecule is CC(C)c1[nH]nc(-c2ccccn2)c1C#N. The summed E-state index contributed by atoms with van der Waals surface area (Å²) in [6, 6.07) is 7.76. The van der Waals surface area contributed by atoms with Gasteiger partial charge in [-0.15, -0.1) is 0 Å². The van der Waals surface area contributed by atoms with Gasteiger partial charge in [0.25, 0.3) is 0 Å². The van der Waals surface area contributed by atoms with Crippen LogP contribution in [0.1, 0.15) is 31.0 Å². The van der Waals surface area contributed by atoms with Crippen LogP contribution in [-0.2, 0) is 0 Å². The van der Waals surface area contributed by atoms with E-state index in [4.69, 9.17) is 5.26 Å². The van der Waals surface area contributed by atoms with Crippen LogP contribution in [0.3, 0.4) is 0 Å². The molecule has 16 heavy (non-hydrogen) atoms. The van der Waals surface area contributed by atoms with Crippen molar-refractivity contribution in [1.29, 1.82) is 5.26 Å². The Kier molecular flexibility index (Phi) is 2.69. The lowest BCUT2D eigenvalue weighted by atomic mass is 10.0. The summed E-state index contributed by atoms with van der Waals surface area (Å²) in [5.74, 6) is 0.250. The predicted molar refractivity (Wildman–Crippen MR) is 60.6 cm³/mol. The number of hydrogen-bond donors (Lipinski definition) is 1. The fraction of sp³-hybridized carbons (Fsp3) is 0.250. The van der Waals surface area contributed by atoms with E-state index in [2.05, 4.69) is 21.3 Å². The first-order valence-corrected chi connectivity index (χ1v) is 5.13. The van der Waals surface area contributed by atoms with E-state index in [0.717, 1.165) is 11.4 Å². The second-order valence-corrected chi connectivity index (χ2v) is 3.84. The maximum atomic E-state index is 9.16. The lowest BCUT2D eigenvalue weighted by Crippen LogP contribution is -1.91. The van der Waals surface area contributed by atoms with Gasteiger partial charge in [-0.05, 0) is 18.1 Å². The Labute approximate surface area is 94.0 Å². The lowest BCUT2D eigenvalue weighted by molar-refractivity contribution is 0.808. The highest BCUT2D eigenvalue weighted by Crippen LogP contribution is 2.25. The summed E-state index contributed by atoms with van der Waals surface area (Å²) in [4.78, 5) is 4.20. The molecule has 0 bridgehead atoms. The number of hydrogen-bond acceptors (Lipinski definition) is 3. The molecule has 2 heterocycles. The number of H-pyrrole nitrogens is 1. The summed E-state index contributed by atoms with van der Waals surface area (Å²) in [5, 5.41) is 16.2. The van der Waals surface area contributed by atoms with Crippen LogP contribution >= 0.6 is 0 Å². The molecule has 0 saturated carbocycles. The van der Waals surface area contributed by atoms with Gasteiger partial charge in [0.05, 0.1) is 11.4 Å². The van der Waals surface area contributed by atoms with E-state index in [9.17, 15) is 0 Å². The zero-order valence-electron chi connectivity index (χ0n) is 9.23. The standard InChI is InChI=1S/C12H12N4/c1-8(2)11-9(7-13)12(16-15-11)10-5-3-4-6-14-10/h3-6,8H,1-2H3,(H,15,16). The van der Waals surface area contributed by atoms with Crippen LogP contribution in [0.25, 0.3) is 11.4 Å². The highest BCUT2D eigenvalue weighted by Gasteiger charge is 2.17. The number of nitrogens with zero attached hydrogens (tertiary/aromatic N) is 3. The molecule has 0 radical (unpaired) electrons. The van der Waals surface area contributed by atoms with E-state index in [1.54, 1.807) is 6.20 Å². The molecule has 4 heteroatoms. The molecule has 80 valence electrons. The Balaban J connectivity index is 2.56. The normalized spacial score (nSPS) is 10.4. The first-order valence-electron chi connectivity index (χ1n) is 5.13. The van der Waals surface area contributed by atoms with Crippen LogP contribution in [0.15, 0.2) is 24.4 Å². The smallest absolute Gasteiger partial charge is 0.128 e. The zero-order chi connectivity index (χ0) is 11.5. The highest BCUT2D eigenvalue weighted by atomic mass is 15.1. The maximum absolute atomic E-state index is 9.16. The molecule has 0 saturated heterocycles. The van der Waals surface area contributed by atoms with Gasteiger partial charge in [0, 0.05) is 6.20 Å². The Morgan fingerprint density at radius 2 is 2.19 bits per heavy atom. The minimum absolute atomic E-state index is 0.250. The Morgan fingerprint density at radius 3 is 2.75 bits per heavy atom. The van der Waals surface area contributed by atoms with Crippen LogP contribution in [0, 0.1) is 11.3 Å². The molecule has 0 spiro atoms. The quantitative estimate of drug-likeness (QED) is 0.831. The van der Waals surface area contributed by atoms with Gasteiger partial charge < -0.3 is 0 Å². The number of rotatable bonds is 2. The first-order chi connectivity index (χ1) is 7.74. The van der Waals surface area contributed by atoms with Gasteiger partial charge in [-0.1, -0.05) is 19.9 Å². The largest absolute Gasteiger partial charge is 0.280 e. The molecule has 1 N–H and O–H groups in total. The van der Waals surface area contributed by atoms with Gasteiger partial charge in [-0.3, -0.25) is 10.1 Å². The molecule has 0 amide bonds. The monoisotopic (exact) mass is 212 g/mol. The molecule has 0 aromatic carbocycles. The third-order valence-corrected chi connectivity index (χ3v) is 2.39. The van der Waals surface area contributed by atoms with Gasteiger partial charge >= 0.3 is 0 Å². The maximum Gasteiger partial charge on any atom is 0.128 e. The summed E-state index contributed by atoms with van der Waals surface area (Å²) in [5.41, 5.74) is 2.81. The van der Waals surface area contributed by atoms with Crippen molar-refractivity contribution in [2.75, 3.05) is 0 Å². The Hall–Kier alpha value is -2.15. The molecule has 0 unspecified atom stereocenters. The van der Waals surface area contributed by atoms with E-state index < -0.39 is 0 Å². The highest BCUT2D eigenvalue weighted by molar-refractivity contribution is 5.64. The van der Waals surface area contributed by atoms with Crippen molar-refractivity contribution >= 4 is 0 Å². The average Bonchev–Trinajstić information content (AvgIpc) is 2.73.